The molecule has 0 aliphatic carbocycles. The van der Waals surface area contributed by atoms with Crippen LogP contribution in [0.15, 0.2) is 12.1 Å². The number of halogens is 10. The van der Waals surface area contributed by atoms with E-state index in [4.69, 9.17) is 4.74 Å². The number of hydrogen-bond acceptors (Lipinski definition) is 1. The molecule has 0 aliphatic rings. The monoisotopic (exact) mass is 478 g/mol. The van der Waals surface area contributed by atoms with E-state index in [2.05, 4.69) is 0 Å². The molecule has 0 heterocycles. The molecule has 0 saturated heterocycles. The Morgan fingerprint density at radius 1 is 0.515 bits per heavy atom. The summed E-state index contributed by atoms with van der Waals surface area (Å²) in [6, 6.07) is 0.548. The van der Waals surface area contributed by atoms with Gasteiger partial charge in [0, 0.05) is 32.7 Å². The summed E-state index contributed by atoms with van der Waals surface area (Å²) in [5, 5.41) is -4.79. The minimum atomic E-state index is -2.35. The lowest BCUT2D eigenvalue weighted by Gasteiger charge is -2.20. The minimum Gasteiger partial charge on any atom is -0.493 e. The van der Waals surface area contributed by atoms with E-state index in [0.717, 1.165) is 14.0 Å². The molecule has 4 aromatic rings. The number of rotatable bonds is 2. The maximum atomic E-state index is 14.8. The summed E-state index contributed by atoms with van der Waals surface area (Å²) in [4.78, 5) is 0. The van der Waals surface area contributed by atoms with E-state index in [-0.39, 0.29) is 6.07 Å². The highest BCUT2D eigenvalue weighted by molar-refractivity contribution is 6.09. The average Bonchev–Trinajstić information content (AvgIpc) is 2.79. The lowest BCUT2D eigenvalue weighted by molar-refractivity contribution is 0.387. The molecule has 0 amide bonds. The number of benzene rings is 4. The zero-order chi connectivity index (χ0) is 24.5. The topological polar surface area (TPSA) is 9.23 Å². The second-order valence-electron chi connectivity index (χ2n) is 6.98. The van der Waals surface area contributed by atoms with E-state index in [0.29, 0.717) is 6.07 Å². The van der Waals surface area contributed by atoms with Crippen LogP contribution in [-0.4, -0.2) is 7.11 Å². The molecule has 0 atom stereocenters. The van der Waals surface area contributed by atoms with Crippen LogP contribution in [-0.2, 0) is 0 Å². The second-order valence-corrected chi connectivity index (χ2v) is 6.98. The smallest absolute Gasteiger partial charge is 0.198 e. The van der Waals surface area contributed by atoms with Gasteiger partial charge in [-0.1, -0.05) is 0 Å². The summed E-state index contributed by atoms with van der Waals surface area (Å²) in [6.07, 6.45) is 0. The third-order valence-electron chi connectivity index (χ3n) is 5.28. The number of hydrogen-bond donors (Lipinski definition) is 0. The van der Waals surface area contributed by atoms with Crippen LogP contribution >= 0.6 is 0 Å². The van der Waals surface area contributed by atoms with E-state index in [1.807, 2.05) is 0 Å². The standard InChI is InChI=1S/C22H8F10O/c1-5-8(23)3-6-11(16(27)20(31)18(29)14(6)25)10(5)13-12-7(4-9(24)22(13)33-2)15(26)19(30)21(32)17(12)28/h3-4H,1-2H3. The Morgan fingerprint density at radius 2 is 0.909 bits per heavy atom. The molecule has 0 fully saturated rings. The summed E-state index contributed by atoms with van der Waals surface area (Å²) >= 11 is 0. The van der Waals surface area contributed by atoms with Crippen molar-refractivity contribution < 1.29 is 48.6 Å². The van der Waals surface area contributed by atoms with Gasteiger partial charge in [-0.05, 0) is 24.6 Å². The van der Waals surface area contributed by atoms with Crippen molar-refractivity contribution in [2.45, 2.75) is 6.92 Å². The van der Waals surface area contributed by atoms with Crippen LogP contribution in [0, 0.1) is 65.1 Å². The number of ether oxygens (including phenoxy) is 1. The predicted molar refractivity (Wildman–Crippen MR) is 97.8 cm³/mol. The van der Waals surface area contributed by atoms with Gasteiger partial charge in [-0.15, -0.1) is 0 Å². The van der Waals surface area contributed by atoms with Crippen LogP contribution in [0.2, 0.25) is 0 Å². The normalized spacial score (nSPS) is 11.6. The molecule has 1 nitrogen and oxygen atoms in total. The average molecular weight is 478 g/mol. The van der Waals surface area contributed by atoms with Gasteiger partial charge in [0.15, 0.2) is 58.1 Å². The van der Waals surface area contributed by atoms with E-state index >= 15 is 0 Å². The van der Waals surface area contributed by atoms with Crippen LogP contribution in [0.3, 0.4) is 0 Å². The Balaban J connectivity index is 2.43. The van der Waals surface area contributed by atoms with Crippen molar-refractivity contribution in [3.63, 3.8) is 0 Å². The third kappa shape index (κ3) is 2.94. The minimum absolute atomic E-state index is 0.243. The molecular formula is C22H8F10O. The summed E-state index contributed by atoms with van der Waals surface area (Å²) in [5.74, 6) is -21.5. The molecule has 0 spiro atoms. The first kappa shape index (κ1) is 22.7. The Hall–Kier alpha value is -3.50. The fraction of sp³-hybridized carbons (Fsp3) is 0.0909. The Morgan fingerprint density at radius 3 is 1.36 bits per heavy atom. The highest BCUT2D eigenvalue weighted by Gasteiger charge is 2.32. The molecule has 0 radical (unpaired) electrons. The second kappa shape index (κ2) is 7.53. The molecule has 33 heavy (non-hydrogen) atoms. The molecule has 4 aromatic carbocycles. The van der Waals surface area contributed by atoms with E-state index in [1.54, 1.807) is 0 Å². The molecule has 0 aromatic heterocycles. The molecule has 11 heteroatoms. The van der Waals surface area contributed by atoms with Gasteiger partial charge in [0.1, 0.15) is 5.82 Å². The van der Waals surface area contributed by atoms with E-state index in [9.17, 15) is 43.9 Å². The van der Waals surface area contributed by atoms with Crippen molar-refractivity contribution in [1.29, 1.82) is 0 Å². The Bertz CT molecular complexity index is 1510. The highest BCUT2D eigenvalue weighted by atomic mass is 19.2. The molecule has 0 saturated carbocycles. The maximum absolute atomic E-state index is 14.8. The van der Waals surface area contributed by atoms with Crippen LogP contribution in [0.1, 0.15) is 5.56 Å². The Labute approximate surface area is 177 Å². The molecule has 0 N–H and O–H groups in total. The van der Waals surface area contributed by atoms with Crippen LogP contribution in [0.25, 0.3) is 32.7 Å². The molecule has 172 valence electrons. The van der Waals surface area contributed by atoms with Gasteiger partial charge in [-0.2, -0.15) is 0 Å². The number of fused-ring (bicyclic) bond motifs is 2. The van der Waals surface area contributed by atoms with Crippen LogP contribution in [0.4, 0.5) is 43.9 Å². The summed E-state index contributed by atoms with van der Waals surface area (Å²) in [5.41, 5.74) is -2.76. The van der Waals surface area contributed by atoms with Crippen molar-refractivity contribution in [2.24, 2.45) is 0 Å². The van der Waals surface area contributed by atoms with Gasteiger partial charge in [-0.25, -0.2) is 43.9 Å². The van der Waals surface area contributed by atoms with Gasteiger partial charge >= 0.3 is 0 Å². The van der Waals surface area contributed by atoms with Gasteiger partial charge in [0.25, 0.3) is 0 Å². The Kier molecular flexibility index (Phi) is 5.18. The molecule has 0 bridgehead atoms. The van der Waals surface area contributed by atoms with E-state index in [1.165, 1.54) is 0 Å². The molecule has 4 rings (SSSR count). The van der Waals surface area contributed by atoms with Crippen LogP contribution in [0.5, 0.6) is 5.75 Å². The SMILES string of the molecule is COc1c(F)cc2c(F)c(F)c(F)c(F)c2c1-c1c(C)c(F)cc2c(F)c(F)c(F)c(F)c12. The lowest BCUT2D eigenvalue weighted by atomic mass is 9.88. The van der Waals surface area contributed by atoms with Gasteiger partial charge in [-0.3, -0.25) is 0 Å². The predicted octanol–water partition coefficient (Wildman–Crippen LogP) is 7.37. The van der Waals surface area contributed by atoms with Gasteiger partial charge in [0.2, 0.25) is 0 Å². The van der Waals surface area contributed by atoms with Gasteiger partial charge in [0.05, 0.1) is 7.11 Å². The molecule has 0 unspecified atom stereocenters. The third-order valence-corrected chi connectivity index (χ3v) is 5.28. The summed E-state index contributed by atoms with van der Waals surface area (Å²) in [6.45, 7) is 0.896. The highest BCUT2D eigenvalue weighted by Crippen LogP contribution is 2.47. The quantitative estimate of drug-likeness (QED) is 0.166. The first-order chi connectivity index (χ1) is 15.4. The molecular weight excluding hydrogens is 470 g/mol. The van der Waals surface area contributed by atoms with Crippen molar-refractivity contribution in [3.8, 4) is 16.9 Å². The van der Waals surface area contributed by atoms with Crippen molar-refractivity contribution in [1.82, 2.24) is 0 Å². The zero-order valence-electron chi connectivity index (χ0n) is 16.3. The largest absolute Gasteiger partial charge is 0.493 e. The fourth-order valence-electron chi connectivity index (χ4n) is 3.77. The molecule has 0 aliphatic heterocycles. The zero-order valence-corrected chi connectivity index (χ0v) is 16.3. The summed E-state index contributed by atoms with van der Waals surface area (Å²) in [7, 11) is 0.801. The first-order valence-corrected chi connectivity index (χ1v) is 8.91. The van der Waals surface area contributed by atoms with Crippen molar-refractivity contribution in [3.05, 3.63) is 75.9 Å². The van der Waals surface area contributed by atoms with E-state index < -0.39 is 102 Å². The maximum Gasteiger partial charge on any atom is 0.198 e. The van der Waals surface area contributed by atoms with Gasteiger partial charge < -0.3 is 4.74 Å². The number of methoxy groups -OCH3 is 1. The van der Waals surface area contributed by atoms with Crippen LogP contribution < -0.4 is 4.74 Å². The van der Waals surface area contributed by atoms with Crippen molar-refractivity contribution in [2.75, 3.05) is 7.11 Å². The van der Waals surface area contributed by atoms with Crippen molar-refractivity contribution >= 4 is 21.5 Å². The summed E-state index contributed by atoms with van der Waals surface area (Å²) < 4.78 is 148. The fourth-order valence-corrected chi connectivity index (χ4v) is 3.77. The lowest BCUT2D eigenvalue weighted by Crippen LogP contribution is -2.06. The first-order valence-electron chi connectivity index (χ1n) is 8.91.